The summed E-state index contributed by atoms with van der Waals surface area (Å²) in [7, 11) is 0. The van der Waals surface area contributed by atoms with Crippen molar-refractivity contribution < 1.29 is 18.0 Å². The smallest absolute Gasteiger partial charge is 0.225 e. The van der Waals surface area contributed by atoms with Gasteiger partial charge in [-0.15, -0.1) is 0 Å². The number of carbonyl (C=O) groups excluding carboxylic acids is 1. The fourth-order valence-electron chi connectivity index (χ4n) is 5.15. The van der Waals surface area contributed by atoms with E-state index in [9.17, 15) is 18.0 Å². The number of carbonyl (C=O) groups is 1. The van der Waals surface area contributed by atoms with Gasteiger partial charge in [0.25, 0.3) is 0 Å². The van der Waals surface area contributed by atoms with E-state index >= 15 is 0 Å². The van der Waals surface area contributed by atoms with Gasteiger partial charge in [-0.3, -0.25) is 14.8 Å². The predicted molar refractivity (Wildman–Crippen MR) is 159 cm³/mol. The van der Waals surface area contributed by atoms with Crippen LogP contribution in [-0.4, -0.2) is 23.1 Å². The van der Waals surface area contributed by atoms with Crippen molar-refractivity contribution in [2.45, 2.75) is 25.8 Å². The molecule has 212 valence electrons. The molecule has 3 N–H and O–H groups in total. The minimum Gasteiger partial charge on any atom is -0.399 e. The van der Waals surface area contributed by atoms with Gasteiger partial charge < -0.3 is 11.1 Å². The van der Waals surface area contributed by atoms with E-state index in [1.165, 1.54) is 18.2 Å². The third kappa shape index (κ3) is 6.33. The van der Waals surface area contributed by atoms with E-state index in [2.05, 4.69) is 21.9 Å². The van der Waals surface area contributed by atoms with Crippen LogP contribution in [0.2, 0.25) is 0 Å². The Hall–Kier alpha value is -4.98. The highest BCUT2D eigenvalue weighted by atomic mass is 19.1. The lowest BCUT2D eigenvalue weighted by atomic mass is 9.93. The second-order valence-electron chi connectivity index (χ2n) is 10.2. The van der Waals surface area contributed by atoms with Crippen LogP contribution in [0.5, 0.6) is 0 Å². The first-order chi connectivity index (χ1) is 20.2. The number of nitrogens with zero attached hydrogens (tertiary/aromatic N) is 2. The van der Waals surface area contributed by atoms with Crippen LogP contribution in [0.25, 0.3) is 16.8 Å². The normalized spacial score (nSPS) is 13.6. The van der Waals surface area contributed by atoms with Crippen LogP contribution in [0.15, 0.2) is 108 Å². The molecule has 42 heavy (non-hydrogen) atoms. The van der Waals surface area contributed by atoms with Gasteiger partial charge in [-0.25, -0.2) is 13.2 Å². The summed E-state index contributed by atoms with van der Waals surface area (Å²) in [5.74, 6) is -2.27. The largest absolute Gasteiger partial charge is 0.399 e. The van der Waals surface area contributed by atoms with Gasteiger partial charge in [0, 0.05) is 29.1 Å². The number of halogens is 3. The van der Waals surface area contributed by atoms with Crippen molar-refractivity contribution in [3.63, 3.8) is 0 Å². The highest BCUT2D eigenvalue weighted by molar-refractivity contribution is 6.16. The molecule has 1 aromatic heterocycles. The molecule has 0 fully saturated rings. The maximum absolute atomic E-state index is 14.4. The Labute approximate surface area is 242 Å². The maximum atomic E-state index is 14.4. The van der Waals surface area contributed by atoms with Crippen LogP contribution in [0.1, 0.15) is 41.8 Å². The molecule has 2 heterocycles. The van der Waals surface area contributed by atoms with E-state index in [-0.39, 0.29) is 30.0 Å². The predicted octanol–water partition coefficient (Wildman–Crippen LogP) is 6.70. The maximum Gasteiger partial charge on any atom is 0.225 e. The number of amides is 1. The second kappa shape index (κ2) is 12.3. The van der Waals surface area contributed by atoms with Gasteiger partial charge >= 0.3 is 0 Å². The standard InChI is InChI=1S/C34H29F3N4O/c1-20-19-40-33(23-7-4-3-5-8-23)28(20)18-32(42)41-31(15-22-13-25(35)17-26(36)14-22)34-27(9-6-12-39-34)24-10-11-30(37)29(16-24)21(2)38/h3-14,16-17,31H,2,15,18-19,38H2,1H3,(H,41,42)/t31-/m0/s1. The Morgan fingerprint density at radius 3 is 2.43 bits per heavy atom. The molecule has 1 atom stereocenters. The number of hydrogen-bond acceptors (Lipinski definition) is 4. The number of hydrogen-bond donors (Lipinski definition) is 2. The first-order valence-corrected chi connectivity index (χ1v) is 13.4. The van der Waals surface area contributed by atoms with Gasteiger partial charge in [0.15, 0.2) is 0 Å². The molecule has 5 nitrogen and oxygen atoms in total. The minimum absolute atomic E-state index is 0.0553. The molecule has 0 saturated carbocycles. The van der Waals surface area contributed by atoms with Crippen molar-refractivity contribution in [2.75, 3.05) is 6.54 Å². The van der Waals surface area contributed by atoms with Crippen LogP contribution >= 0.6 is 0 Å². The lowest BCUT2D eigenvalue weighted by Crippen LogP contribution is -2.32. The Morgan fingerprint density at radius 1 is 0.976 bits per heavy atom. The number of benzene rings is 3. The summed E-state index contributed by atoms with van der Waals surface area (Å²) in [6.45, 7) is 6.10. The van der Waals surface area contributed by atoms with Gasteiger partial charge in [0.1, 0.15) is 17.5 Å². The average Bonchev–Trinajstić information content (AvgIpc) is 3.32. The molecular formula is C34H29F3N4O. The summed E-state index contributed by atoms with van der Waals surface area (Å²) in [6.07, 6.45) is 1.68. The topological polar surface area (TPSA) is 80.4 Å². The fourth-order valence-corrected chi connectivity index (χ4v) is 5.15. The molecule has 1 aliphatic rings. The van der Waals surface area contributed by atoms with Crippen LogP contribution in [0.3, 0.4) is 0 Å². The summed E-state index contributed by atoms with van der Waals surface area (Å²) in [6, 6.07) is 20.1. The Balaban J connectivity index is 1.51. The molecule has 8 heteroatoms. The van der Waals surface area contributed by atoms with Gasteiger partial charge in [-0.1, -0.05) is 49.0 Å². The summed E-state index contributed by atoms with van der Waals surface area (Å²) in [4.78, 5) is 22.8. The molecular weight excluding hydrogens is 537 g/mol. The van der Waals surface area contributed by atoms with Crippen LogP contribution in [0.4, 0.5) is 13.2 Å². The third-order valence-electron chi connectivity index (χ3n) is 7.15. The van der Waals surface area contributed by atoms with Crippen molar-refractivity contribution in [2.24, 2.45) is 10.7 Å². The zero-order chi connectivity index (χ0) is 29.8. The van der Waals surface area contributed by atoms with E-state index in [4.69, 9.17) is 5.73 Å². The number of rotatable bonds is 9. The lowest BCUT2D eigenvalue weighted by Gasteiger charge is -2.22. The molecule has 3 aromatic carbocycles. The first kappa shape index (κ1) is 28.5. The van der Waals surface area contributed by atoms with Crippen LogP contribution < -0.4 is 11.1 Å². The zero-order valence-electron chi connectivity index (χ0n) is 23.0. The first-order valence-electron chi connectivity index (χ1n) is 13.4. The molecule has 0 bridgehead atoms. The van der Waals surface area contributed by atoms with Gasteiger partial charge in [0.05, 0.1) is 30.4 Å². The highest BCUT2D eigenvalue weighted by Crippen LogP contribution is 2.32. The lowest BCUT2D eigenvalue weighted by molar-refractivity contribution is -0.121. The van der Waals surface area contributed by atoms with E-state index in [1.54, 1.807) is 30.5 Å². The molecule has 0 aliphatic carbocycles. The highest BCUT2D eigenvalue weighted by Gasteiger charge is 2.25. The van der Waals surface area contributed by atoms with Gasteiger partial charge in [-0.2, -0.15) is 0 Å². The molecule has 0 spiro atoms. The summed E-state index contributed by atoms with van der Waals surface area (Å²) >= 11 is 0. The van der Waals surface area contributed by atoms with Crippen molar-refractivity contribution in [1.29, 1.82) is 0 Å². The van der Waals surface area contributed by atoms with Crippen molar-refractivity contribution in [3.8, 4) is 11.1 Å². The Morgan fingerprint density at radius 2 is 1.71 bits per heavy atom. The molecule has 0 saturated heterocycles. The third-order valence-corrected chi connectivity index (χ3v) is 7.15. The van der Waals surface area contributed by atoms with E-state index in [0.29, 0.717) is 28.9 Å². The Bertz CT molecular complexity index is 1710. The number of nitrogens with one attached hydrogen (secondary N) is 1. The fraction of sp³-hybridized carbons (Fsp3) is 0.147. The summed E-state index contributed by atoms with van der Waals surface area (Å²) in [5, 5.41) is 3.05. The van der Waals surface area contributed by atoms with Crippen molar-refractivity contribution >= 4 is 17.3 Å². The van der Waals surface area contributed by atoms with E-state index < -0.39 is 23.5 Å². The van der Waals surface area contributed by atoms with Crippen LogP contribution in [-0.2, 0) is 11.2 Å². The van der Waals surface area contributed by atoms with Gasteiger partial charge in [0.2, 0.25) is 5.91 Å². The molecule has 1 amide bonds. The SMILES string of the molecule is C=C(N)c1cc(-c2cccnc2[C@H](Cc2cc(F)cc(F)c2)NC(=O)CC2=C(C)CN=C2c2ccccc2)ccc1F. The zero-order valence-corrected chi connectivity index (χ0v) is 23.0. The van der Waals surface area contributed by atoms with Crippen molar-refractivity contribution in [1.82, 2.24) is 10.3 Å². The average molecular weight is 567 g/mol. The van der Waals surface area contributed by atoms with Crippen LogP contribution in [0, 0.1) is 17.5 Å². The number of aliphatic imine (C=N–C) groups is 1. The monoisotopic (exact) mass is 566 g/mol. The molecule has 1 aliphatic heterocycles. The molecule has 0 unspecified atom stereocenters. The number of pyridine rings is 1. The van der Waals surface area contributed by atoms with E-state index in [0.717, 1.165) is 28.5 Å². The Kier molecular flexibility index (Phi) is 8.33. The second-order valence-corrected chi connectivity index (χ2v) is 10.2. The van der Waals surface area contributed by atoms with Crippen molar-refractivity contribution in [3.05, 3.63) is 143 Å². The summed E-state index contributed by atoms with van der Waals surface area (Å²) in [5.41, 5.74) is 11.5. The van der Waals surface area contributed by atoms with E-state index in [1.807, 2.05) is 37.3 Å². The summed E-state index contributed by atoms with van der Waals surface area (Å²) < 4.78 is 42.7. The number of aromatic nitrogens is 1. The quantitative estimate of drug-likeness (QED) is 0.237. The molecule has 0 radical (unpaired) electrons. The minimum atomic E-state index is -0.774. The molecule has 4 aromatic rings. The van der Waals surface area contributed by atoms with Gasteiger partial charge in [-0.05, 0) is 71.5 Å². The number of nitrogens with two attached hydrogens (primary N) is 1. The molecule has 5 rings (SSSR count).